The van der Waals surface area contributed by atoms with Gasteiger partial charge in [0.25, 0.3) is 0 Å². The SMILES string of the molecule is CC(C)(C)C1=CC(=O)c2ccccc2C1=O.c1c[nH]cn1. The third kappa shape index (κ3) is 3.34. The van der Waals surface area contributed by atoms with Gasteiger partial charge in [-0.15, -0.1) is 0 Å². The number of aromatic amines is 1. The van der Waals surface area contributed by atoms with Crippen LogP contribution in [0.4, 0.5) is 0 Å². The molecule has 1 aliphatic carbocycles. The molecule has 1 N–H and O–H groups in total. The third-order valence-electron chi connectivity index (χ3n) is 3.17. The second-order valence-corrected chi connectivity index (χ2v) is 5.81. The lowest BCUT2D eigenvalue weighted by Gasteiger charge is -2.25. The number of hydrogen-bond acceptors (Lipinski definition) is 3. The Hall–Kier alpha value is -2.49. The molecule has 1 aromatic carbocycles. The van der Waals surface area contributed by atoms with Crippen molar-refractivity contribution >= 4 is 11.6 Å². The van der Waals surface area contributed by atoms with Gasteiger partial charge in [-0.25, -0.2) is 4.98 Å². The lowest BCUT2D eigenvalue weighted by Crippen LogP contribution is -2.25. The van der Waals surface area contributed by atoms with Gasteiger partial charge in [0.1, 0.15) is 0 Å². The molecule has 0 amide bonds. The number of Topliss-reactive ketones (excluding diaryl/α,β-unsaturated/α-hetero) is 1. The van der Waals surface area contributed by atoms with Crippen LogP contribution in [0.25, 0.3) is 0 Å². The lowest BCUT2D eigenvalue weighted by molar-refractivity contribution is 0.0967. The first-order chi connectivity index (χ1) is 9.91. The lowest BCUT2D eigenvalue weighted by atomic mass is 9.77. The van der Waals surface area contributed by atoms with Gasteiger partial charge in [-0.1, -0.05) is 45.0 Å². The predicted molar refractivity (Wildman–Crippen MR) is 81.2 cm³/mol. The first kappa shape index (κ1) is 14.9. The van der Waals surface area contributed by atoms with Crippen LogP contribution in [0.1, 0.15) is 41.5 Å². The van der Waals surface area contributed by atoms with Gasteiger partial charge in [-0.05, 0) is 11.5 Å². The van der Waals surface area contributed by atoms with Gasteiger partial charge in [-0.3, -0.25) is 9.59 Å². The molecule has 0 radical (unpaired) electrons. The van der Waals surface area contributed by atoms with Crippen molar-refractivity contribution < 1.29 is 9.59 Å². The molecule has 0 spiro atoms. The third-order valence-corrected chi connectivity index (χ3v) is 3.17. The smallest absolute Gasteiger partial charge is 0.190 e. The van der Waals surface area contributed by atoms with Crippen molar-refractivity contribution in [1.29, 1.82) is 0 Å². The van der Waals surface area contributed by atoms with Crippen molar-refractivity contribution in [1.82, 2.24) is 9.97 Å². The summed E-state index contributed by atoms with van der Waals surface area (Å²) in [5.41, 5.74) is 1.34. The van der Waals surface area contributed by atoms with E-state index in [0.717, 1.165) is 0 Å². The Bertz CT molecular complexity index is 660. The van der Waals surface area contributed by atoms with Crippen molar-refractivity contribution in [3.8, 4) is 0 Å². The number of benzene rings is 1. The van der Waals surface area contributed by atoms with Crippen LogP contribution >= 0.6 is 0 Å². The first-order valence-corrected chi connectivity index (χ1v) is 6.74. The van der Waals surface area contributed by atoms with Crippen LogP contribution < -0.4 is 0 Å². The maximum absolute atomic E-state index is 12.2. The summed E-state index contributed by atoms with van der Waals surface area (Å²) in [6.07, 6.45) is 6.56. The Labute approximate surface area is 123 Å². The first-order valence-electron chi connectivity index (χ1n) is 6.74. The quantitative estimate of drug-likeness (QED) is 0.805. The summed E-state index contributed by atoms with van der Waals surface area (Å²) >= 11 is 0. The molecule has 4 heteroatoms. The molecule has 21 heavy (non-hydrogen) atoms. The van der Waals surface area contributed by atoms with Crippen molar-refractivity contribution in [2.45, 2.75) is 20.8 Å². The number of nitrogens with one attached hydrogen (secondary N) is 1. The Morgan fingerprint density at radius 2 is 1.71 bits per heavy atom. The predicted octanol–water partition coefficient (Wildman–Crippen LogP) is 3.45. The largest absolute Gasteiger partial charge is 0.351 e. The summed E-state index contributed by atoms with van der Waals surface area (Å²) in [7, 11) is 0. The van der Waals surface area contributed by atoms with E-state index in [9.17, 15) is 9.59 Å². The molecule has 0 saturated heterocycles. The van der Waals surface area contributed by atoms with Crippen molar-refractivity contribution in [2.75, 3.05) is 0 Å². The van der Waals surface area contributed by atoms with Gasteiger partial charge in [0.15, 0.2) is 11.6 Å². The van der Waals surface area contributed by atoms with Crippen LogP contribution in [0.3, 0.4) is 0 Å². The van der Waals surface area contributed by atoms with E-state index in [2.05, 4.69) is 9.97 Å². The monoisotopic (exact) mass is 282 g/mol. The van der Waals surface area contributed by atoms with Crippen molar-refractivity contribution in [3.63, 3.8) is 0 Å². The molecule has 0 saturated carbocycles. The van der Waals surface area contributed by atoms with Gasteiger partial charge in [0, 0.05) is 29.1 Å². The summed E-state index contributed by atoms with van der Waals surface area (Å²) in [5.74, 6) is -0.0946. The number of H-pyrrole nitrogens is 1. The zero-order chi connectivity index (χ0) is 15.5. The highest BCUT2D eigenvalue weighted by atomic mass is 16.1. The molecule has 3 rings (SSSR count). The minimum atomic E-state index is -0.291. The zero-order valence-electron chi connectivity index (χ0n) is 12.4. The van der Waals surface area contributed by atoms with E-state index < -0.39 is 0 Å². The van der Waals surface area contributed by atoms with E-state index in [1.807, 2.05) is 20.8 Å². The second-order valence-electron chi connectivity index (χ2n) is 5.81. The number of carbonyl (C=O) groups is 2. The fraction of sp³-hybridized carbons (Fsp3) is 0.235. The van der Waals surface area contributed by atoms with Crippen LogP contribution in [0.5, 0.6) is 0 Å². The van der Waals surface area contributed by atoms with Gasteiger partial charge in [0.05, 0.1) is 6.33 Å². The molecule has 2 aromatic rings. The Morgan fingerprint density at radius 1 is 1.05 bits per heavy atom. The standard InChI is InChI=1S/C14H14O2.C3H4N2/c1-14(2,3)11-8-12(15)9-6-4-5-7-10(9)13(11)16;1-2-5-3-4-1/h4-8H,1-3H3;1-3H,(H,4,5). The van der Waals surface area contributed by atoms with Crippen LogP contribution in [0.15, 0.2) is 54.6 Å². The number of ketones is 2. The van der Waals surface area contributed by atoms with Gasteiger partial charge in [-0.2, -0.15) is 0 Å². The number of allylic oxidation sites excluding steroid dienone is 2. The molecule has 108 valence electrons. The van der Waals surface area contributed by atoms with E-state index in [-0.39, 0.29) is 17.0 Å². The number of nitrogens with zero attached hydrogens (tertiary/aromatic N) is 1. The minimum absolute atomic E-state index is 0.0253. The number of aromatic nitrogens is 2. The van der Waals surface area contributed by atoms with Crippen LogP contribution in [-0.2, 0) is 0 Å². The second kappa shape index (κ2) is 5.87. The Morgan fingerprint density at radius 3 is 2.19 bits per heavy atom. The molecular formula is C17H18N2O2. The van der Waals surface area contributed by atoms with Gasteiger partial charge < -0.3 is 4.98 Å². The fourth-order valence-electron chi connectivity index (χ4n) is 2.09. The number of carbonyl (C=O) groups excluding carboxylic acids is 2. The van der Waals surface area contributed by atoms with Crippen LogP contribution in [0.2, 0.25) is 0 Å². The summed E-state index contributed by atoms with van der Waals surface area (Å²) in [4.78, 5) is 30.5. The highest BCUT2D eigenvalue weighted by molar-refractivity contribution is 6.24. The van der Waals surface area contributed by atoms with Crippen molar-refractivity contribution in [3.05, 3.63) is 65.8 Å². The summed E-state index contributed by atoms with van der Waals surface area (Å²) in [6.45, 7) is 5.83. The summed E-state index contributed by atoms with van der Waals surface area (Å²) in [6, 6.07) is 6.98. The summed E-state index contributed by atoms with van der Waals surface area (Å²) < 4.78 is 0. The van der Waals surface area contributed by atoms with Gasteiger partial charge in [0.2, 0.25) is 0 Å². The van der Waals surface area contributed by atoms with Gasteiger partial charge >= 0.3 is 0 Å². The van der Waals surface area contributed by atoms with E-state index in [1.165, 1.54) is 6.08 Å². The fourth-order valence-corrected chi connectivity index (χ4v) is 2.09. The minimum Gasteiger partial charge on any atom is -0.351 e. The number of imidazole rings is 1. The molecule has 4 nitrogen and oxygen atoms in total. The zero-order valence-corrected chi connectivity index (χ0v) is 12.4. The normalized spacial score (nSPS) is 14.0. The highest BCUT2D eigenvalue weighted by Gasteiger charge is 2.31. The molecule has 0 bridgehead atoms. The Kier molecular flexibility index (Phi) is 4.17. The average molecular weight is 282 g/mol. The topological polar surface area (TPSA) is 62.8 Å². The maximum Gasteiger partial charge on any atom is 0.190 e. The average Bonchev–Trinajstić information content (AvgIpc) is 3.01. The van der Waals surface area contributed by atoms with Crippen molar-refractivity contribution in [2.24, 2.45) is 5.41 Å². The van der Waals surface area contributed by atoms with E-state index in [1.54, 1.807) is 43.0 Å². The molecule has 1 heterocycles. The highest BCUT2D eigenvalue weighted by Crippen LogP contribution is 2.32. The maximum atomic E-state index is 12.2. The molecule has 1 aliphatic rings. The molecule has 1 aromatic heterocycles. The molecule has 0 fully saturated rings. The molecule has 0 aliphatic heterocycles. The molecular weight excluding hydrogens is 264 g/mol. The summed E-state index contributed by atoms with van der Waals surface area (Å²) in [5, 5.41) is 0. The number of rotatable bonds is 0. The molecule has 0 unspecified atom stereocenters. The number of fused-ring (bicyclic) bond motifs is 1. The van der Waals surface area contributed by atoms with Crippen LogP contribution in [0, 0.1) is 5.41 Å². The molecule has 0 atom stereocenters. The van der Waals surface area contributed by atoms with Crippen LogP contribution in [-0.4, -0.2) is 21.5 Å². The number of hydrogen-bond donors (Lipinski definition) is 1. The van der Waals surface area contributed by atoms with E-state index in [0.29, 0.717) is 16.7 Å². The van der Waals surface area contributed by atoms with E-state index >= 15 is 0 Å². The Balaban J connectivity index is 0.000000272. The van der Waals surface area contributed by atoms with E-state index in [4.69, 9.17) is 0 Å².